The van der Waals surface area contributed by atoms with Gasteiger partial charge in [-0.3, -0.25) is 9.59 Å². The van der Waals surface area contributed by atoms with Gasteiger partial charge in [0.15, 0.2) is 0 Å². The van der Waals surface area contributed by atoms with Crippen LogP contribution in [-0.2, 0) is 9.59 Å². The van der Waals surface area contributed by atoms with Crippen LogP contribution in [0.5, 0.6) is 5.75 Å². The van der Waals surface area contributed by atoms with Crippen molar-refractivity contribution in [1.29, 1.82) is 0 Å². The van der Waals surface area contributed by atoms with Gasteiger partial charge < -0.3 is 19.7 Å². The van der Waals surface area contributed by atoms with Crippen LogP contribution in [0.3, 0.4) is 0 Å². The number of aliphatic hydroxyl groups excluding tert-OH is 1. The molecule has 0 bridgehead atoms. The van der Waals surface area contributed by atoms with Crippen LogP contribution in [-0.4, -0.2) is 40.3 Å². The van der Waals surface area contributed by atoms with Crippen LogP contribution in [0.4, 0.5) is 0 Å². The molecule has 0 spiro atoms. The quantitative estimate of drug-likeness (QED) is 0.183. The van der Waals surface area contributed by atoms with Crippen LogP contribution in [0.2, 0.25) is 10.0 Å². The van der Waals surface area contributed by atoms with E-state index in [1.807, 2.05) is 24.3 Å². The van der Waals surface area contributed by atoms with Crippen molar-refractivity contribution >= 4 is 51.6 Å². The van der Waals surface area contributed by atoms with E-state index in [4.69, 9.17) is 27.9 Å². The number of halogens is 2. The Morgan fingerprint density at radius 1 is 1.18 bits per heavy atom. The summed E-state index contributed by atoms with van der Waals surface area (Å²) in [5.74, 6) is -1.59. The van der Waals surface area contributed by atoms with E-state index in [0.29, 0.717) is 6.54 Å². The maximum Gasteiger partial charge on any atom is 0.295 e. The summed E-state index contributed by atoms with van der Waals surface area (Å²) >= 11 is 12.4. The second-order valence-corrected chi connectivity index (χ2v) is 8.80. The number of nitrogens with one attached hydrogen (secondary N) is 1. The molecule has 8 heteroatoms. The second kappa shape index (κ2) is 9.49. The number of nitrogens with zero attached hydrogens (tertiary/aromatic N) is 1. The third kappa shape index (κ3) is 4.09. The van der Waals surface area contributed by atoms with Gasteiger partial charge in [0, 0.05) is 34.2 Å². The van der Waals surface area contributed by atoms with Crippen molar-refractivity contribution in [3.63, 3.8) is 0 Å². The van der Waals surface area contributed by atoms with Gasteiger partial charge in [-0.1, -0.05) is 61.2 Å². The predicted molar refractivity (Wildman–Crippen MR) is 130 cm³/mol. The zero-order valence-corrected chi connectivity index (χ0v) is 19.8. The molecule has 1 unspecified atom stereocenters. The van der Waals surface area contributed by atoms with Crippen molar-refractivity contribution in [2.75, 3.05) is 13.7 Å². The number of methoxy groups -OCH3 is 1. The van der Waals surface area contributed by atoms with Crippen molar-refractivity contribution in [2.45, 2.75) is 32.2 Å². The molecular formula is C25H24Cl2N2O4. The fourth-order valence-electron chi connectivity index (χ4n) is 4.38. The maximum atomic E-state index is 13.2. The molecule has 4 rings (SSSR count). The normalized spacial score (nSPS) is 17.8. The Hall–Kier alpha value is -2.96. The summed E-state index contributed by atoms with van der Waals surface area (Å²) < 4.78 is 5.38. The van der Waals surface area contributed by atoms with Crippen LogP contribution in [0.1, 0.15) is 43.4 Å². The first-order valence-corrected chi connectivity index (χ1v) is 11.5. The lowest BCUT2D eigenvalue weighted by molar-refractivity contribution is -0.139. The molecule has 1 aromatic heterocycles. The molecule has 1 saturated heterocycles. The van der Waals surface area contributed by atoms with Gasteiger partial charge >= 0.3 is 0 Å². The number of likely N-dealkylation sites (tertiary alicyclic amines) is 1. The number of hydrogen-bond acceptors (Lipinski definition) is 4. The lowest BCUT2D eigenvalue weighted by atomic mass is 9.94. The molecule has 1 atom stereocenters. The van der Waals surface area contributed by atoms with Crippen LogP contribution in [0.25, 0.3) is 16.7 Å². The number of ketones is 1. The van der Waals surface area contributed by atoms with Crippen molar-refractivity contribution in [3.8, 4) is 5.75 Å². The minimum absolute atomic E-state index is 0.0158. The standard InChI is InChI=1S/C25H24Cl2N2O4/c1-3-4-7-10-29-21(17-13-28-19-9-6-5-8-15(17)19)20(23(31)25(29)32)22(30)16-11-14(26)12-18(27)24(16)33-2/h5-6,8-9,11-13,21,28,30H,3-4,7,10H2,1-2H3/b22-20+. The highest BCUT2D eigenvalue weighted by Gasteiger charge is 2.46. The summed E-state index contributed by atoms with van der Waals surface area (Å²) in [5, 5.41) is 12.7. The molecule has 3 aromatic rings. The smallest absolute Gasteiger partial charge is 0.295 e. The van der Waals surface area contributed by atoms with E-state index in [9.17, 15) is 14.7 Å². The second-order valence-electron chi connectivity index (χ2n) is 7.96. The molecule has 6 nitrogen and oxygen atoms in total. The van der Waals surface area contributed by atoms with Crippen LogP contribution >= 0.6 is 23.2 Å². The first kappa shape index (κ1) is 23.2. The van der Waals surface area contributed by atoms with E-state index >= 15 is 0 Å². The van der Waals surface area contributed by atoms with Crippen LogP contribution in [0.15, 0.2) is 48.2 Å². The van der Waals surface area contributed by atoms with Gasteiger partial charge in [-0.2, -0.15) is 0 Å². The third-order valence-electron chi connectivity index (χ3n) is 5.93. The van der Waals surface area contributed by atoms with E-state index in [1.165, 1.54) is 24.1 Å². The van der Waals surface area contributed by atoms with E-state index in [1.54, 1.807) is 6.20 Å². The highest BCUT2D eigenvalue weighted by atomic mass is 35.5. The van der Waals surface area contributed by atoms with Crippen LogP contribution < -0.4 is 4.74 Å². The first-order valence-electron chi connectivity index (χ1n) is 10.8. The van der Waals surface area contributed by atoms with Gasteiger partial charge in [-0.15, -0.1) is 0 Å². The van der Waals surface area contributed by atoms with Gasteiger partial charge in [0.25, 0.3) is 11.7 Å². The fraction of sp³-hybridized carbons (Fsp3) is 0.280. The number of carbonyl (C=O) groups is 2. The zero-order valence-electron chi connectivity index (χ0n) is 18.3. The Morgan fingerprint density at radius 3 is 2.67 bits per heavy atom. The highest BCUT2D eigenvalue weighted by Crippen LogP contribution is 2.44. The van der Waals surface area contributed by atoms with E-state index < -0.39 is 17.7 Å². The number of ether oxygens (including phenoxy) is 1. The lowest BCUT2D eigenvalue weighted by Gasteiger charge is -2.25. The fourth-order valence-corrected chi connectivity index (χ4v) is 4.95. The number of aromatic nitrogens is 1. The molecule has 33 heavy (non-hydrogen) atoms. The first-order chi connectivity index (χ1) is 15.9. The number of H-pyrrole nitrogens is 1. The number of rotatable bonds is 7. The van der Waals surface area contributed by atoms with Gasteiger partial charge in [0.1, 0.15) is 11.5 Å². The number of para-hydroxylation sites is 1. The number of Topliss-reactive ketones (excluding diaryl/α,β-unsaturated/α-hetero) is 1. The van der Waals surface area contributed by atoms with E-state index in [0.717, 1.165) is 35.7 Å². The van der Waals surface area contributed by atoms with Gasteiger partial charge in [-0.25, -0.2) is 0 Å². The van der Waals surface area contributed by atoms with E-state index in [2.05, 4.69) is 11.9 Å². The molecule has 172 valence electrons. The number of benzene rings is 2. The number of carbonyl (C=O) groups excluding carboxylic acids is 2. The molecule has 0 saturated carbocycles. The van der Waals surface area contributed by atoms with Gasteiger partial charge in [-0.05, 0) is 24.6 Å². The lowest BCUT2D eigenvalue weighted by Crippen LogP contribution is -2.30. The molecule has 1 aliphatic heterocycles. The SMILES string of the molecule is CCCCCN1C(=O)C(=O)/C(=C(/O)c2cc(Cl)cc(Cl)c2OC)C1c1c[nH]c2ccccc12. The molecule has 2 N–H and O–H groups in total. The molecule has 1 fully saturated rings. The Labute approximate surface area is 201 Å². The monoisotopic (exact) mass is 486 g/mol. The summed E-state index contributed by atoms with van der Waals surface area (Å²) in [4.78, 5) is 31.1. The van der Waals surface area contributed by atoms with Crippen molar-refractivity contribution in [1.82, 2.24) is 9.88 Å². The topological polar surface area (TPSA) is 82.6 Å². The average molecular weight is 487 g/mol. The molecule has 1 aliphatic rings. The predicted octanol–water partition coefficient (Wildman–Crippen LogP) is 6.10. The van der Waals surface area contributed by atoms with Crippen molar-refractivity contribution in [3.05, 3.63) is 69.3 Å². The molecule has 2 heterocycles. The van der Waals surface area contributed by atoms with Crippen molar-refractivity contribution < 1.29 is 19.4 Å². The summed E-state index contributed by atoms with van der Waals surface area (Å²) in [7, 11) is 1.41. The molecular weight excluding hydrogens is 463 g/mol. The number of aliphatic hydroxyl groups is 1. The summed E-state index contributed by atoms with van der Waals surface area (Å²) in [5.41, 5.74) is 1.74. The number of amides is 1. The Bertz CT molecular complexity index is 1260. The summed E-state index contributed by atoms with van der Waals surface area (Å²) in [6.07, 6.45) is 4.42. The van der Waals surface area contributed by atoms with Gasteiger partial charge in [0.05, 0.1) is 29.3 Å². The number of hydrogen-bond donors (Lipinski definition) is 2. The average Bonchev–Trinajstić information content (AvgIpc) is 3.32. The van der Waals surface area contributed by atoms with Crippen LogP contribution in [0, 0.1) is 0 Å². The zero-order chi connectivity index (χ0) is 23.7. The Kier molecular flexibility index (Phi) is 6.68. The minimum Gasteiger partial charge on any atom is -0.507 e. The van der Waals surface area contributed by atoms with E-state index in [-0.39, 0.29) is 32.7 Å². The minimum atomic E-state index is -0.763. The highest BCUT2D eigenvalue weighted by molar-refractivity contribution is 6.47. The third-order valence-corrected chi connectivity index (χ3v) is 6.42. The molecule has 0 aliphatic carbocycles. The number of unbranched alkanes of at least 4 members (excludes halogenated alkanes) is 2. The van der Waals surface area contributed by atoms with Gasteiger partial charge in [0.2, 0.25) is 0 Å². The molecule has 1 amide bonds. The summed E-state index contributed by atoms with van der Waals surface area (Å²) in [6, 6.07) is 9.83. The number of aromatic amines is 1. The molecule has 0 radical (unpaired) electrons. The molecule has 2 aromatic carbocycles. The Balaban J connectivity index is 1.95. The Morgan fingerprint density at radius 2 is 1.94 bits per heavy atom. The summed E-state index contributed by atoms with van der Waals surface area (Å²) in [6.45, 7) is 2.47. The largest absolute Gasteiger partial charge is 0.507 e. The van der Waals surface area contributed by atoms with Crippen molar-refractivity contribution in [2.24, 2.45) is 0 Å². The maximum absolute atomic E-state index is 13.2. The number of fused-ring (bicyclic) bond motifs is 1.